The summed E-state index contributed by atoms with van der Waals surface area (Å²) in [4.78, 5) is 0. The maximum absolute atomic E-state index is 3.93. The highest BCUT2D eigenvalue weighted by Gasteiger charge is 2.04. The van der Waals surface area contributed by atoms with E-state index in [-0.39, 0.29) is 0 Å². The van der Waals surface area contributed by atoms with Crippen LogP contribution in [0.1, 0.15) is 0 Å². The van der Waals surface area contributed by atoms with E-state index in [0.29, 0.717) is 0 Å². The lowest BCUT2D eigenvalue weighted by molar-refractivity contribution is 1.08. The Morgan fingerprint density at radius 2 is 1.25 bits per heavy atom. The second-order valence-electron chi connectivity index (χ2n) is 2.22. The van der Waals surface area contributed by atoms with Gasteiger partial charge in [-0.25, -0.2) is 0 Å². The maximum Gasteiger partial charge on any atom is 0.113 e. The van der Waals surface area contributed by atoms with Crippen LogP contribution < -0.4 is 0 Å². The van der Waals surface area contributed by atoms with Crippen LogP contribution >= 0.6 is 0 Å². The van der Waals surface area contributed by atoms with Crippen molar-refractivity contribution in [2.75, 3.05) is 0 Å². The molecule has 2 rings (SSSR count). The SMILES string of the molecule is C1=CN=NC2=CC=CN=NC2=C1. The Morgan fingerprint density at radius 1 is 0.750 bits per heavy atom. The zero-order valence-electron chi connectivity index (χ0n) is 6.25. The minimum Gasteiger partial charge on any atom is -0.158 e. The van der Waals surface area contributed by atoms with Gasteiger partial charge >= 0.3 is 0 Å². The standard InChI is InChI=1S/C8H6N4/c1-3-7-8(12-9-5-1)4-2-6-10-11-7/h1-6H. The number of fused-ring (bicyclic) bond motifs is 1. The van der Waals surface area contributed by atoms with Crippen LogP contribution in [-0.4, -0.2) is 0 Å². The molecule has 0 aromatic heterocycles. The van der Waals surface area contributed by atoms with E-state index in [4.69, 9.17) is 0 Å². The van der Waals surface area contributed by atoms with Crippen molar-refractivity contribution in [3.8, 4) is 0 Å². The monoisotopic (exact) mass is 158 g/mol. The molecule has 12 heavy (non-hydrogen) atoms. The molecule has 58 valence electrons. The van der Waals surface area contributed by atoms with Gasteiger partial charge in [-0.1, -0.05) is 0 Å². The highest BCUT2D eigenvalue weighted by Crippen LogP contribution is 2.18. The fourth-order valence-corrected chi connectivity index (χ4v) is 0.876. The molecule has 0 aliphatic carbocycles. The summed E-state index contributed by atoms with van der Waals surface area (Å²) in [6, 6.07) is 0. The highest BCUT2D eigenvalue weighted by atomic mass is 15.2. The molecule has 0 radical (unpaired) electrons. The van der Waals surface area contributed by atoms with Crippen LogP contribution in [0.3, 0.4) is 0 Å². The number of hydrogen-bond acceptors (Lipinski definition) is 4. The molecular weight excluding hydrogens is 152 g/mol. The Hall–Kier alpha value is -1.84. The van der Waals surface area contributed by atoms with Crippen molar-refractivity contribution >= 4 is 0 Å². The Balaban J connectivity index is 2.49. The van der Waals surface area contributed by atoms with Crippen molar-refractivity contribution in [3.63, 3.8) is 0 Å². The Morgan fingerprint density at radius 3 is 1.75 bits per heavy atom. The molecule has 2 aliphatic heterocycles. The molecular formula is C8H6N4. The molecule has 0 N–H and O–H groups in total. The van der Waals surface area contributed by atoms with Gasteiger partial charge in [-0.15, -0.1) is 10.2 Å². The largest absolute Gasteiger partial charge is 0.158 e. The van der Waals surface area contributed by atoms with Crippen molar-refractivity contribution in [1.29, 1.82) is 0 Å². The summed E-state index contributed by atoms with van der Waals surface area (Å²) < 4.78 is 0. The van der Waals surface area contributed by atoms with E-state index in [1.807, 2.05) is 12.2 Å². The number of rotatable bonds is 0. The van der Waals surface area contributed by atoms with E-state index >= 15 is 0 Å². The number of allylic oxidation sites excluding steroid dienone is 4. The van der Waals surface area contributed by atoms with Crippen LogP contribution in [0.5, 0.6) is 0 Å². The summed E-state index contributed by atoms with van der Waals surface area (Å²) >= 11 is 0. The van der Waals surface area contributed by atoms with Crippen molar-refractivity contribution < 1.29 is 0 Å². The lowest BCUT2D eigenvalue weighted by Gasteiger charge is -1.93. The first-order valence-corrected chi connectivity index (χ1v) is 3.52. The zero-order chi connectivity index (χ0) is 8.23. The molecule has 0 amide bonds. The minimum absolute atomic E-state index is 0.734. The molecule has 0 unspecified atom stereocenters. The van der Waals surface area contributed by atoms with Gasteiger partial charge in [-0.05, 0) is 24.3 Å². The number of azo groups is 2. The van der Waals surface area contributed by atoms with Crippen LogP contribution in [-0.2, 0) is 0 Å². The fraction of sp³-hybridized carbons (Fsp3) is 0. The van der Waals surface area contributed by atoms with E-state index in [1.54, 1.807) is 24.6 Å². The van der Waals surface area contributed by atoms with Crippen LogP contribution in [0.2, 0.25) is 0 Å². The second kappa shape index (κ2) is 3.04. The van der Waals surface area contributed by atoms with Crippen LogP contribution in [0.4, 0.5) is 0 Å². The zero-order valence-corrected chi connectivity index (χ0v) is 6.25. The van der Waals surface area contributed by atoms with Gasteiger partial charge in [-0.2, -0.15) is 10.2 Å². The third kappa shape index (κ3) is 1.27. The second-order valence-corrected chi connectivity index (χ2v) is 2.22. The molecule has 0 aromatic carbocycles. The minimum atomic E-state index is 0.734. The summed E-state index contributed by atoms with van der Waals surface area (Å²) in [7, 11) is 0. The summed E-state index contributed by atoms with van der Waals surface area (Å²) in [5.74, 6) is 0. The summed E-state index contributed by atoms with van der Waals surface area (Å²) in [5, 5.41) is 15.4. The van der Waals surface area contributed by atoms with E-state index in [9.17, 15) is 0 Å². The van der Waals surface area contributed by atoms with Gasteiger partial charge < -0.3 is 0 Å². The average molecular weight is 158 g/mol. The molecule has 0 saturated carbocycles. The van der Waals surface area contributed by atoms with Crippen molar-refractivity contribution in [2.24, 2.45) is 20.5 Å². The molecule has 4 heteroatoms. The van der Waals surface area contributed by atoms with E-state index < -0.39 is 0 Å². The summed E-state index contributed by atoms with van der Waals surface area (Å²) in [6.45, 7) is 0. The quantitative estimate of drug-likeness (QED) is 0.520. The number of nitrogens with zero attached hydrogens (tertiary/aromatic N) is 4. The van der Waals surface area contributed by atoms with Gasteiger partial charge in [0.25, 0.3) is 0 Å². The lowest BCUT2D eigenvalue weighted by Crippen LogP contribution is -1.78. The molecule has 0 fully saturated rings. The first-order valence-electron chi connectivity index (χ1n) is 3.52. The van der Waals surface area contributed by atoms with Gasteiger partial charge in [0, 0.05) is 12.4 Å². The maximum atomic E-state index is 3.93. The van der Waals surface area contributed by atoms with E-state index in [1.165, 1.54) is 0 Å². The van der Waals surface area contributed by atoms with Crippen LogP contribution in [0, 0.1) is 0 Å². The number of hydrogen-bond donors (Lipinski definition) is 0. The smallest absolute Gasteiger partial charge is 0.113 e. The molecule has 0 spiro atoms. The molecule has 2 aliphatic rings. The van der Waals surface area contributed by atoms with Gasteiger partial charge in [0.1, 0.15) is 11.4 Å². The van der Waals surface area contributed by atoms with Gasteiger partial charge in [0.05, 0.1) is 0 Å². The molecule has 4 nitrogen and oxygen atoms in total. The first kappa shape index (κ1) is 6.84. The van der Waals surface area contributed by atoms with Crippen molar-refractivity contribution in [2.45, 2.75) is 0 Å². The normalized spacial score (nSPS) is 19.3. The lowest BCUT2D eigenvalue weighted by atomic mass is 10.3. The van der Waals surface area contributed by atoms with E-state index in [0.717, 1.165) is 11.4 Å². The fourth-order valence-electron chi connectivity index (χ4n) is 0.876. The molecule has 0 aromatic rings. The molecule has 0 saturated heterocycles. The Bertz CT molecular complexity index is 319. The summed E-state index contributed by atoms with van der Waals surface area (Å²) in [5.41, 5.74) is 1.47. The van der Waals surface area contributed by atoms with Crippen molar-refractivity contribution in [1.82, 2.24) is 0 Å². The Labute approximate surface area is 69.4 Å². The first-order chi connectivity index (χ1) is 5.97. The molecule has 2 heterocycles. The average Bonchev–Trinajstić information content (AvgIpc) is 2.38. The third-order valence-electron chi connectivity index (χ3n) is 1.41. The summed E-state index contributed by atoms with van der Waals surface area (Å²) in [6.07, 6.45) is 10.4. The predicted molar refractivity (Wildman–Crippen MR) is 44.2 cm³/mol. The van der Waals surface area contributed by atoms with E-state index in [2.05, 4.69) is 20.5 Å². The van der Waals surface area contributed by atoms with Crippen LogP contribution in [0.25, 0.3) is 0 Å². The van der Waals surface area contributed by atoms with Gasteiger partial charge in [0.2, 0.25) is 0 Å². The van der Waals surface area contributed by atoms with Gasteiger partial charge in [-0.3, -0.25) is 0 Å². The highest BCUT2D eigenvalue weighted by molar-refractivity contribution is 5.35. The predicted octanol–water partition coefficient (Wildman–Crippen LogP) is 2.71. The molecule has 0 bridgehead atoms. The van der Waals surface area contributed by atoms with Crippen molar-refractivity contribution in [3.05, 3.63) is 48.1 Å². The van der Waals surface area contributed by atoms with Crippen LogP contribution in [0.15, 0.2) is 68.6 Å². The third-order valence-corrected chi connectivity index (χ3v) is 1.41. The topological polar surface area (TPSA) is 49.4 Å². The Kier molecular flexibility index (Phi) is 1.74. The van der Waals surface area contributed by atoms with Gasteiger partial charge in [0.15, 0.2) is 0 Å². The molecule has 0 atom stereocenters.